The lowest BCUT2D eigenvalue weighted by Gasteiger charge is -2.43. The zero-order valence-corrected chi connectivity index (χ0v) is 12.8. The number of hydrogen-bond acceptors (Lipinski definition) is 2. The maximum absolute atomic E-state index is 14.1. The average molecular weight is 369 g/mol. The van der Waals surface area contributed by atoms with Crippen molar-refractivity contribution in [2.45, 2.75) is 49.6 Å². The molecule has 2 nitrogen and oxygen atoms in total. The Hall–Kier alpha value is -1.98. The van der Waals surface area contributed by atoms with E-state index < -0.39 is 36.3 Å². The molecule has 0 saturated heterocycles. The molecule has 0 radical (unpaired) electrons. The van der Waals surface area contributed by atoms with Gasteiger partial charge < -0.3 is 5.11 Å². The monoisotopic (exact) mass is 369 g/mol. The van der Waals surface area contributed by atoms with E-state index in [0.717, 1.165) is 6.07 Å². The molecule has 0 heterocycles. The summed E-state index contributed by atoms with van der Waals surface area (Å²) < 4.78 is 92.1. The molecule has 9 heteroatoms. The minimum atomic E-state index is -6.45. The van der Waals surface area contributed by atoms with Crippen molar-refractivity contribution in [3.05, 3.63) is 29.8 Å². The maximum atomic E-state index is 14.1. The van der Waals surface area contributed by atoms with Crippen LogP contribution in [0, 0.1) is 16.7 Å². The Kier molecular flexibility index (Phi) is 4.70. The van der Waals surface area contributed by atoms with Gasteiger partial charge in [0.15, 0.2) is 0 Å². The fourth-order valence-corrected chi connectivity index (χ4v) is 3.16. The molecule has 1 aromatic carbocycles. The van der Waals surface area contributed by atoms with Crippen molar-refractivity contribution >= 4 is 0 Å². The average Bonchev–Trinajstić information content (AvgIpc) is 2.54. The van der Waals surface area contributed by atoms with Gasteiger partial charge in [0.1, 0.15) is 11.2 Å². The molecule has 2 rings (SSSR count). The quantitative estimate of drug-likeness (QED) is 0.726. The van der Waals surface area contributed by atoms with Gasteiger partial charge in [-0.3, -0.25) is 0 Å². The van der Waals surface area contributed by atoms with E-state index in [1.54, 1.807) is 0 Å². The number of aromatic hydroxyl groups is 1. The molecule has 1 aliphatic rings. The number of nitrogens with zero attached hydrogens (tertiary/aromatic N) is 1. The van der Waals surface area contributed by atoms with Crippen molar-refractivity contribution in [3.8, 4) is 11.8 Å². The molecule has 1 fully saturated rings. The zero-order chi connectivity index (χ0) is 19.1. The van der Waals surface area contributed by atoms with Crippen molar-refractivity contribution in [2.24, 2.45) is 5.41 Å². The second-order valence-corrected chi connectivity index (χ2v) is 6.21. The van der Waals surface area contributed by atoms with Crippen LogP contribution in [-0.2, 0) is 0 Å². The second kappa shape index (κ2) is 6.07. The normalized spacial score (nSPS) is 25.4. The van der Waals surface area contributed by atoms with Gasteiger partial charge in [-0.1, -0.05) is 12.1 Å². The fourth-order valence-electron chi connectivity index (χ4n) is 3.16. The summed E-state index contributed by atoms with van der Waals surface area (Å²) in [5.74, 6) is -12.2. The Balaban J connectivity index is 2.26. The van der Waals surface area contributed by atoms with Gasteiger partial charge in [-0.15, -0.1) is 0 Å². The molecule has 1 aliphatic carbocycles. The van der Waals surface area contributed by atoms with Crippen molar-refractivity contribution in [3.63, 3.8) is 0 Å². The number of rotatable bonds is 3. The molecule has 0 spiro atoms. The van der Waals surface area contributed by atoms with E-state index in [9.17, 15) is 35.8 Å². The van der Waals surface area contributed by atoms with Crippen LogP contribution in [0.25, 0.3) is 0 Å². The molecular weight excluding hydrogens is 355 g/mol. The van der Waals surface area contributed by atoms with Crippen LogP contribution in [0.4, 0.5) is 30.7 Å². The van der Waals surface area contributed by atoms with Crippen LogP contribution in [0.2, 0.25) is 0 Å². The van der Waals surface area contributed by atoms with Crippen LogP contribution < -0.4 is 0 Å². The standard InChI is InChI=1S/C16H14F7NO/c17-14(18,15(19,20)16(21,22)23)13(9-24)7-5-11(6-8-13)10-1-3-12(25)4-2-10/h1-4,11,25H,5-8H2. The maximum Gasteiger partial charge on any atom is 0.459 e. The van der Waals surface area contributed by atoms with Crippen molar-refractivity contribution < 1.29 is 35.8 Å². The third kappa shape index (κ3) is 3.02. The number of hydrogen-bond donors (Lipinski definition) is 1. The van der Waals surface area contributed by atoms with Gasteiger partial charge in [-0.2, -0.15) is 36.0 Å². The molecule has 138 valence electrons. The second-order valence-electron chi connectivity index (χ2n) is 6.21. The third-order valence-electron chi connectivity index (χ3n) is 4.77. The molecule has 0 aromatic heterocycles. The summed E-state index contributed by atoms with van der Waals surface area (Å²) >= 11 is 0. The van der Waals surface area contributed by atoms with Gasteiger partial charge in [0.05, 0.1) is 6.07 Å². The number of benzene rings is 1. The third-order valence-corrected chi connectivity index (χ3v) is 4.77. The molecule has 0 aliphatic heterocycles. The molecule has 1 saturated carbocycles. The molecule has 25 heavy (non-hydrogen) atoms. The van der Waals surface area contributed by atoms with Crippen LogP contribution in [-0.4, -0.2) is 23.1 Å². The predicted octanol–water partition coefficient (Wildman–Crippen LogP) is 5.39. The van der Waals surface area contributed by atoms with E-state index in [0.29, 0.717) is 5.56 Å². The van der Waals surface area contributed by atoms with E-state index in [4.69, 9.17) is 5.26 Å². The summed E-state index contributed by atoms with van der Waals surface area (Å²) in [6.45, 7) is 0. The van der Waals surface area contributed by atoms with Gasteiger partial charge in [-0.25, -0.2) is 0 Å². The Morgan fingerprint density at radius 3 is 1.84 bits per heavy atom. The minimum Gasteiger partial charge on any atom is -0.508 e. The lowest BCUT2D eigenvalue weighted by atomic mass is 9.65. The molecule has 0 amide bonds. The number of alkyl halides is 7. The van der Waals surface area contributed by atoms with Crippen molar-refractivity contribution in [2.75, 3.05) is 0 Å². The lowest BCUT2D eigenvalue weighted by molar-refractivity contribution is -0.376. The van der Waals surface area contributed by atoms with E-state index in [-0.39, 0.29) is 24.5 Å². The van der Waals surface area contributed by atoms with Crippen LogP contribution >= 0.6 is 0 Å². The van der Waals surface area contributed by atoms with Crippen molar-refractivity contribution in [1.29, 1.82) is 5.26 Å². The molecule has 0 atom stereocenters. The Labute approximate surface area is 138 Å². The largest absolute Gasteiger partial charge is 0.508 e. The Bertz CT molecular complexity index is 653. The van der Waals surface area contributed by atoms with Crippen LogP contribution in [0.5, 0.6) is 5.75 Å². The predicted molar refractivity (Wildman–Crippen MR) is 73.3 cm³/mol. The highest BCUT2D eigenvalue weighted by Gasteiger charge is 2.79. The van der Waals surface area contributed by atoms with Crippen LogP contribution in [0.1, 0.15) is 37.2 Å². The number of halogens is 7. The van der Waals surface area contributed by atoms with Crippen LogP contribution in [0.15, 0.2) is 24.3 Å². The first-order chi connectivity index (χ1) is 11.4. The molecule has 0 unspecified atom stereocenters. The molecular formula is C16H14F7NO. The van der Waals surface area contributed by atoms with E-state index >= 15 is 0 Å². The number of nitriles is 1. The van der Waals surface area contributed by atoms with Gasteiger partial charge in [-0.05, 0) is 49.3 Å². The van der Waals surface area contributed by atoms with E-state index in [1.165, 1.54) is 24.3 Å². The first-order valence-corrected chi connectivity index (χ1v) is 7.40. The highest BCUT2D eigenvalue weighted by atomic mass is 19.4. The first kappa shape index (κ1) is 19.3. The highest BCUT2D eigenvalue weighted by molar-refractivity contribution is 5.29. The lowest BCUT2D eigenvalue weighted by Crippen LogP contribution is -2.60. The van der Waals surface area contributed by atoms with E-state index in [1.807, 2.05) is 0 Å². The molecule has 1 N–H and O–H groups in total. The van der Waals surface area contributed by atoms with Gasteiger partial charge >= 0.3 is 18.0 Å². The minimum absolute atomic E-state index is 0.0257. The van der Waals surface area contributed by atoms with Crippen molar-refractivity contribution in [1.82, 2.24) is 0 Å². The summed E-state index contributed by atoms with van der Waals surface area (Å²) in [6, 6.07) is 6.79. The fraction of sp³-hybridized carbons (Fsp3) is 0.562. The summed E-state index contributed by atoms with van der Waals surface area (Å²) in [7, 11) is 0. The van der Waals surface area contributed by atoms with Gasteiger partial charge in [0, 0.05) is 0 Å². The summed E-state index contributed by atoms with van der Waals surface area (Å²) in [5, 5.41) is 18.3. The number of phenolic OH excluding ortho intramolecular Hbond substituents is 1. The zero-order valence-electron chi connectivity index (χ0n) is 12.8. The van der Waals surface area contributed by atoms with Gasteiger partial charge in [0.2, 0.25) is 0 Å². The number of phenols is 1. The summed E-state index contributed by atoms with van der Waals surface area (Å²) in [4.78, 5) is 0. The first-order valence-electron chi connectivity index (χ1n) is 7.40. The molecule has 1 aromatic rings. The smallest absolute Gasteiger partial charge is 0.459 e. The highest BCUT2D eigenvalue weighted by Crippen LogP contribution is 2.60. The van der Waals surface area contributed by atoms with Gasteiger partial charge in [0.25, 0.3) is 0 Å². The Morgan fingerprint density at radius 2 is 1.44 bits per heavy atom. The van der Waals surface area contributed by atoms with E-state index in [2.05, 4.69) is 0 Å². The Morgan fingerprint density at radius 1 is 0.960 bits per heavy atom. The molecule has 0 bridgehead atoms. The van der Waals surface area contributed by atoms with Crippen LogP contribution in [0.3, 0.4) is 0 Å². The summed E-state index contributed by atoms with van der Waals surface area (Å²) in [6.07, 6.45) is -8.29. The summed E-state index contributed by atoms with van der Waals surface area (Å²) in [5.41, 5.74) is -2.45. The topological polar surface area (TPSA) is 44.0 Å². The SMILES string of the molecule is N#CC1(C(F)(F)C(F)(F)C(F)(F)F)CCC(c2ccc(O)cc2)CC1.